The zero-order valence-electron chi connectivity index (χ0n) is 29.1. The van der Waals surface area contributed by atoms with Crippen molar-refractivity contribution in [2.24, 2.45) is 5.92 Å². The highest BCUT2D eigenvalue weighted by Crippen LogP contribution is 2.43. The van der Waals surface area contributed by atoms with Gasteiger partial charge < -0.3 is 4.90 Å². The maximum Gasteiger partial charge on any atom is 0.0540 e. The molecule has 1 atom stereocenters. The molecule has 9 aromatic rings. The van der Waals surface area contributed by atoms with Crippen molar-refractivity contribution in [2.75, 3.05) is 4.90 Å². The van der Waals surface area contributed by atoms with Crippen molar-refractivity contribution in [2.45, 2.75) is 13.3 Å². The lowest BCUT2D eigenvalue weighted by atomic mass is 9.84. The summed E-state index contributed by atoms with van der Waals surface area (Å²) in [6.07, 6.45) is 5.75. The van der Waals surface area contributed by atoms with Gasteiger partial charge in [-0.15, -0.1) is 0 Å². The topological polar surface area (TPSA) is 3.24 Å². The first-order valence-electron chi connectivity index (χ1n) is 18.3. The van der Waals surface area contributed by atoms with Crippen molar-refractivity contribution in [3.05, 3.63) is 193 Å². The third-order valence-electron chi connectivity index (χ3n) is 11.0. The minimum atomic E-state index is 0.557. The number of anilines is 3. The first-order valence-corrected chi connectivity index (χ1v) is 18.3. The van der Waals surface area contributed by atoms with Crippen molar-refractivity contribution in [1.82, 2.24) is 0 Å². The molecular weight excluding hydrogens is 627 g/mol. The molecule has 0 radical (unpaired) electrons. The van der Waals surface area contributed by atoms with Crippen LogP contribution in [0.15, 0.2) is 182 Å². The summed E-state index contributed by atoms with van der Waals surface area (Å²) in [4.78, 5) is 2.41. The van der Waals surface area contributed by atoms with Crippen LogP contribution in [0.2, 0.25) is 0 Å². The molecular formula is C51H37N. The van der Waals surface area contributed by atoms with Crippen LogP contribution in [-0.4, -0.2) is 0 Å². The molecule has 0 spiro atoms. The van der Waals surface area contributed by atoms with Crippen LogP contribution in [-0.2, 0) is 6.42 Å². The summed E-state index contributed by atoms with van der Waals surface area (Å²) in [5.74, 6) is 0.557. The number of hydrogen-bond donors (Lipinski definition) is 0. The average molecular weight is 664 g/mol. The SMILES string of the molecule is CC1C=Cc2cc(-c3ccc(N(c4ccc(-c5cc6ccccc6c6ccccc56)cc4)c4cccc5ccccc45)cc3)c3ccccc3c2C1. The molecule has 0 N–H and O–H groups in total. The third-order valence-corrected chi connectivity index (χ3v) is 11.0. The number of fused-ring (bicyclic) bond motifs is 7. The van der Waals surface area contributed by atoms with E-state index in [9.17, 15) is 0 Å². The van der Waals surface area contributed by atoms with E-state index < -0.39 is 0 Å². The van der Waals surface area contributed by atoms with Crippen LogP contribution < -0.4 is 4.90 Å². The van der Waals surface area contributed by atoms with Crippen LogP contribution >= 0.6 is 0 Å². The molecule has 1 nitrogen and oxygen atoms in total. The van der Waals surface area contributed by atoms with Gasteiger partial charge in [-0.2, -0.15) is 0 Å². The van der Waals surface area contributed by atoms with Crippen LogP contribution in [0.4, 0.5) is 17.1 Å². The molecule has 0 saturated carbocycles. The maximum atomic E-state index is 2.41. The molecule has 1 aliphatic carbocycles. The Bertz CT molecular complexity index is 2820. The van der Waals surface area contributed by atoms with Gasteiger partial charge in [-0.3, -0.25) is 0 Å². The fraction of sp³-hybridized carbons (Fsp3) is 0.0588. The second kappa shape index (κ2) is 12.4. The zero-order valence-corrected chi connectivity index (χ0v) is 29.1. The van der Waals surface area contributed by atoms with E-state index in [2.05, 4.69) is 200 Å². The van der Waals surface area contributed by atoms with Crippen molar-refractivity contribution in [3.63, 3.8) is 0 Å². The van der Waals surface area contributed by atoms with E-state index in [-0.39, 0.29) is 0 Å². The Balaban J connectivity index is 1.10. The Kier molecular flexibility index (Phi) is 7.25. The largest absolute Gasteiger partial charge is 0.310 e. The van der Waals surface area contributed by atoms with Gasteiger partial charge in [0.25, 0.3) is 0 Å². The number of benzene rings is 9. The monoisotopic (exact) mass is 663 g/mol. The lowest BCUT2D eigenvalue weighted by Crippen LogP contribution is -2.10. The highest BCUT2D eigenvalue weighted by Gasteiger charge is 2.19. The molecule has 10 rings (SSSR count). The van der Waals surface area contributed by atoms with Crippen LogP contribution in [0.25, 0.3) is 71.4 Å². The van der Waals surface area contributed by atoms with E-state index in [0.29, 0.717) is 5.92 Å². The molecule has 9 aromatic carbocycles. The molecule has 0 amide bonds. The molecule has 1 unspecified atom stereocenters. The second-order valence-electron chi connectivity index (χ2n) is 14.2. The molecule has 0 fully saturated rings. The van der Waals surface area contributed by atoms with Gasteiger partial charge in [-0.05, 0) is 126 Å². The molecule has 52 heavy (non-hydrogen) atoms. The third kappa shape index (κ3) is 5.09. The Morgan fingerprint density at radius 1 is 0.442 bits per heavy atom. The van der Waals surface area contributed by atoms with Gasteiger partial charge in [0.2, 0.25) is 0 Å². The standard InChI is InChI=1S/C51H37N/c1-34-21-22-39-33-50(47-19-9-8-18-46(47)48(39)31-34)37-25-29-41(30-26-37)52(51-20-10-13-35-11-2-5-15-43(35)51)40-27-23-36(24-28-40)49-32-38-12-3-4-14-42(38)44-16-6-7-17-45(44)49/h2-30,32-34H,31H2,1H3. The Labute approximate surface area is 304 Å². The van der Waals surface area contributed by atoms with Gasteiger partial charge in [0, 0.05) is 16.8 Å². The smallest absolute Gasteiger partial charge is 0.0540 e. The van der Waals surface area contributed by atoms with E-state index in [4.69, 9.17) is 0 Å². The summed E-state index contributed by atoms with van der Waals surface area (Å²) in [6, 6.07) is 64.7. The van der Waals surface area contributed by atoms with E-state index >= 15 is 0 Å². The van der Waals surface area contributed by atoms with E-state index in [0.717, 1.165) is 23.5 Å². The fourth-order valence-electron chi connectivity index (χ4n) is 8.43. The van der Waals surface area contributed by atoms with Gasteiger partial charge in [-0.1, -0.05) is 153 Å². The van der Waals surface area contributed by atoms with E-state index in [1.807, 2.05) is 0 Å². The maximum absolute atomic E-state index is 2.41. The van der Waals surface area contributed by atoms with Gasteiger partial charge >= 0.3 is 0 Å². The minimum Gasteiger partial charge on any atom is -0.310 e. The molecule has 1 aliphatic rings. The summed E-state index contributed by atoms with van der Waals surface area (Å²) < 4.78 is 0. The highest BCUT2D eigenvalue weighted by molar-refractivity contribution is 6.14. The van der Waals surface area contributed by atoms with Crippen molar-refractivity contribution >= 4 is 66.2 Å². The quantitative estimate of drug-likeness (QED) is 0.166. The molecule has 1 heteroatoms. The van der Waals surface area contributed by atoms with Crippen LogP contribution in [0.1, 0.15) is 18.1 Å². The first kappa shape index (κ1) is 30.4. The van der Waals surface area contributed by atoms with Gasteiger partial charge in [0.1, 0.15) is 0 Å². The van der Waals surface area contributed by atoms with Gasteiger partial charge in [-0.25, -0.2) is 0 Å². The molecule has 0 aliphatic heterocycles. The van der Waals surface area contributed by atoms with Crippen molar-refractivity contribution in [3.8, 4) is 22.3 Å². The minimum absolute atomic E-state index is 0.557. The summed E-state index contributed by atoms with van der Waals surface area (Å²) in [7, 11) is 0. The van der Waals surface area contributed by atoms with Crippen LogP contribution in [0, 0.1) is 5.92 Å². The molecule has 0 bridgehead atoms. The van der Waals surface area contributed by atoms with Gasteiger partial charge in [0.15, 0.2) is 0 Å². The zero-order chi connectivity index (χ0) is 34.6. The highest BCUT2D eigenvalue weighted by atomic mass is 15.1. The number of allylic oxidation sites excluding steroid dienone is 1. The second-order valence-corrected chi connectivity index (χ2v) is 14.2. The lowest BCUT2D eigenvalue weighted by molar-refractivity contribution is 0.721. The normalized spacial score (nSPS) is 13.9. The first-order chi connectivity index (χ1) is 25.7. The number of nitrogens with zero attached hydrogens (tertiary/aromatic N) is 1. The lowest BCUT2D eigenvalue weighted by Gasteiger charge is -2.27. The Morgan fingerprint density at radius 2 is 0.962 bits per heavy atom. The molecule has 0 heterocycles. The summed E-state index contributed by atoms with van der Waals surface area (Å²) in [5.41, 5.74) is 11.2. The van der Waals surface area contributed by atoms with Crippen LogP contribution in [0.5, 0.6) is 0 Å². The molecule has 246 valence electrons. The molecule has 0 saturated heterocycles. The number of hydrogen-bond acceptors (Lipinski definition) is 1. The van der Waals surface area contributed by atoms with Gasteiger partial charge in [0.05, 0.1) is 5.69 Å². The summed E-state index contributed by atoms with van der Waals surface area (Å²) in [6.45, 7) is 2.31. The predicted octanol–water partition coefficient (Wildman–Crippen LogP) is 14.3. The summed E-state index contributed by atoms with van der Waals surface area (Å²) in [5, 5.41) is 10.2. The predicted molar refractivity (Wildman–Crippen MR) is 224 cm³/mol. The van der Waals surface area contributed by atoms with E-state index in [1.54, 1.807) is 0 Å². The molecule has 0 aromatic heterocycles. The summed E-state index contributed by atoms with van der Waals surface area (Å²) >= 11 is 0. The Morgan fingerprint density at radius 3 is 1.65 bits per heavy atom. The van der Waals surface area contributed by atoms with Crippen molar-refractivity contribution in [1.29, 1.82) is 0 Å². The van der Waals surface area contributed by atoms with Crippen LogP contribution in [0.3, 0.4) is 0 Å². The fourth-order valence-corrected chi connectivity index (χ4v) is 8.43. The number of rotatable bonds is 5. The van der Waals surface area contributed by atoms with E-state index in [1.165, 1.54) is 76.5 Å². The average Bonchev–Trinajstić information content (AvgIpc) is 3.21. The van der Waals surface area contributed by atoms with Crippen molar-refractivity contribution < 1.29 is 0 Å². The Hall–Kier alpha value is -6.44.